The Hall–Kier alpha value is -5.56. The molecule has 13 nitrogen and oxygen atoms in total. The first kappa shape index (κ1) is 28.6. The number of rotatable bonds is 9. The highest BCUT2D eigenvalue weighted by Gasteiger charge is 2.30. The topological polar surface area (TPSA) is 165 Å². The Morgan fingerprint density at radius 1 is 0.977 bits per heavy atom. The fourth-order valence-electron chi connectivity index (χ4n) is 5.64. The highest BCUT2D eigenvalue weighted by atomic mass is 16.4. The number of carbonyl (C=O) groups is 3. The second kappa shape index (κ2) is 11.6. The molecule has 5 aromatic rings. The number of hydrogen-bond acceptors (Lipinski definition) is 7. The first-order valence-corrected chi connectivity index (χ1v) is 14.0. The molecule has 3 aromatic heterocycles. The van der Waals surface area contributed by atoms with Crippen LogP contribution in [0.25, 0.3) is 28.0 Å². The standard InChI is InChI=1S/C31H29N7O6/c1-35-25(30(42)43)15-32-26(35)18-36-14-13-22(17-36)38-28-24(12-11-23(34-28)29(41)33-16-27(39)40)37(31(38)44)21-9-7-20(8-10-21)19-5-3-2-4-6-19/h2-12,15,22H,13-14,16-18H2,1H3,(H,33,41)(H,39,40)(H,42,43). The fraction of sp³-hybridized carbons (Fsp3) is 0.226. The van der Waals surface area contributed by atoms with Crippen molar-refractivity contribution in [2.24, 2.45) is 7.05 Å². The molecule has 1 fully saturated rings. The highest BCUT2D eigenvalue weighted by molar-refractivity contribution is 5.95. The predicted molar refractivity (Wildman–Crippen MR) is 160 cm³/mol. The summed E-state index contributed by atoms with van der Waals surface area (Å²) < 4.78 is 4.70. The lowest BCUT2D eigenvalue weighted by atomic mass is 10.1. The van der Waals surface area contributed by atoms with E-state index in [1.165, 1.54) is 16.8 Å². The number of nitrogens with one attached hydrogen (secondary N) is 1. The lowest BCUT2D eigenvalue weighted by molar-refractivity contribution is -0.135. The second-order valence-electron chi connectivity index (χ2n) is 10.6. The summed E-state index contributed by atoms with van der Waals surface area (Å²) in [4.78, 5) is 60.2. The van der Waals surface area contributed by atoms with E-state index >= 15 is 0 Å². The quantitative estimate of drug-likeness (QED) is 0.232. The summed E-state index contributed by atoms with van der Waals surface area (Å²) in [6.45, 7) is 0.932. The lowest BCUT2D eigenvalue weighted by Crippen LogP contribution is -2.30. The molecular formula is C31H29N7O6. The molecule has 13 heteroatoms. The molecule has 1 atom stereocenters. The zero-order valence-corrected chi connectivity index (χ0v) is 23.8. The Morgan fingerprint density at radius 2 is 1.70 bits per heavy atom. The molecule has 4 heterocycles. The number of benzene rings is 2. The SMILES string of the molecule is Cn1c(C(=O)O)cnc1CN1CCC(n2c(=O)n(-c3ccc(-c4ccccc4)cc3)c3ccc(C(=O)NCC(=O)O)nc32)C1. The number of aromatic carboxylic acids is 1. The Kier molecular flexibility index (Phi) is 7.53. The molecule has 0 radical (unpaired) electrons. The first-order chi connectivity index (χ1) is 21.2. The minimum atomic E-state index is -1.18. The number of carboxylic acid groups (broad SMARTS) is 2. The Morgan fingerprint density at radius 3 is 2.39 bits per heavy atom. The second-order valence-corrected chi connectivity index (χ2v) is 10.6. The minimum Gasteiger partial charge on any atom is -0.480 e. The summed E-state index contributed by atoms with van der Waals surface area (Å²) in [7, 11) is 1.65. The van der Waals surface area contributed by atoms with Crippen LogP contribution in [0.2, 0.25) is 0 Å². The number of aromatic nitrogens is 5. The lowest BCUT2D eigenvalue weighted by Gasteiger charge is -2.16. The number of imidazole rings is 2. The number of hydrogen-bond donors (Lipinski definition) is 3. The van der Waals surface area contributed by atoms with Gasteiger partial charge in [0, 0.05) is 20.1 Å². The van der Waals surface area contributed by atoms with E-state index in [0.717, 1.165) is 11.1 Å². The molecule has 2 aromatic carbocycles. The summed E-state index contributed by atoms with van der Waals surface area (Å²) >= 11 is 0. The van der Waals surface area contributed by atoms with E-state index < -0.39 is 24.4 Å². The molecule has 3 N–H and O–H groups in total. The van der Waals surface area contributed by atoms with Gasteiger partial charge in [0.05, 0.1) is 30.0 Å². The first-order valence-electron chi connectivity index (χ1n) is 14.0. The van der Waals surface area contributed by atoms with Crippen molar-refractivity contribution in [1.82, 2.24) is 33.9 Å². The number of carbonyl (C=O) groups excluding carboxylic acids is 1. The zero-order chi connectivity index (χ0) is 31.0. The van der Waals surface area contributed by atoms with Gasteiger partial charge in [-0.05, 0) is 41.8 Å². The molecule has 1 amide bonds. The summed E-state index contributed by atoms with van der Waals surface area (Å²) in [5.74, 6) is -2.32. The molecule has 44 heavy (non-hydrogen) atoms. The van der Waals surface area contributed by atoms with Crippen molar-refractivity contribution in [2.45, 2.75) is 19.0 Å². The zero-order valence-electron chi connectivity index (χ0n) is 23.8. The van der Waals surface area contributed by atoms with Crippen LogP contribution in [0.15, 0.2) is 77.7 Å². The summed E-state index contributed by atoms with van der Waals surface area (Å²) in [5.41, 5.74) is 3.25. The summed E-state index contributed by atoms with van der Waals surface area (Å²) in [6.07, 6.45) is 1.94. The van der Waals surface area contributed by atoms with Gasteiger partial charge in [-0.15, -0.1) is 0 Å². The molecule has 1 saturated heterocycles. The van der Waals surface area contributed by atoms with Gasteiger partial charge in [-0.1, -0.05) is 42.5 Å². The van der Waals surface area contributed by atoms with Crippen LogP contribution in [0.5, 0.6) is 0 Å². The average molecular weight is 596 g/mol. The number of fused-ring (bicyclic) bond motifs is 1. The largest absolute Gasteiger partial charge is 0.480 e. The van der Waals surface area contributed by atoms with E-state index in [0.29, 0.717) is 48.7 Å². The fourth-order valence-corrected chi connectivity index (χ4v) is 5.64. The Balaban J connectivity index is 1.37. The van der Waals surface area contributed by atoms with Crippen LogP contribution in [0.1, 0.15) is 39.3 Å². The molecule has 224 valence electrons. The van der Waals surface area contributed by atoms with Crippen molar-refractivity contribution < 1.29 is 24.6 Å². The number of pyridine rings is 1. The van der Waals surface area contributed by atoms with E-state index in [9.17, 15) is 24.3 Å². The minimum absolute atomic E-state index is 0.00635. The molecule has 1 aliphatic rings. The van der Waals surface area contributed by atoms with Crippen LogP contribution >= 0.6 is 0 Å². The van der Waals surface area contributed by atoms with Crippen LogP contribution in [0.3, 0.4) is 0 Å². The molecule has 0 aliphatic carbocycles. The van der Waals surface area contributed by atoms with Crippen molar-refractivity contribution in [1.29, 1.82) is 0 Å². The van der Waals surface area contributed by atoms with Crippen LogP contribution < -0.4 is 11.0 Å². The van der Waals surface area contributed by atoms with E-state index in [1.54, 1.807) is 22.2 Å². The van der Waals surface area contributed by atoms with Gasteiger partial charge in [0.2, 0.25) is 0 Å². The van der Waals surface area contributed by atoms with Crippen LogP contribution in [0.4, 0.5) is 0 Å². The third kappa shape index (κ3) is 5.36. The van der Waals surface area contributed by atoms with Crippen LogP contribution in [-0.4, -0.2) is 76.3 Å². The summed E-state index contributed by atoms with van der Waals surface area (Å²) in [5, 5.41) is 20.7. The molecule has 0 spiro atoms. The van der Waals surface area contributed by atoms with Crippen LogP contribution in [-0.2, 0) is 18.4 Å². The number of amides is 1. The normalized spacial score (nSPS) is 15.1. The molecule has 1 unspecified atom stereocenters. The molecule has 0 saturated carbocycles. The van der Waals surface area contributed by atoms with Crippen molar-refractivity contribution in [2.75, 3.05) is 19.6 Å². The van der Waals surface area contributed by atoms with E-state index in [1.807, 2.05) is 54.6 Å². The average Bonchev–Trinajstić information content (AvgIpc) is 3.71. The number of carboxylic acids is 2. The van der Waals surface area contributed by atoms with Crippen molar-refractivity contribution >= 4 is 29.0 Å². The monoisotopic (exact) mass is 595 g/mol. The Bertz CT molecular complexity index is 1940. The maximum atomic E-state index is 14.1. The van der Waals surface area contributed by atoms with E-state index in [4.69, 9.17) is 5.11 Å². The Labute approximate surface area is 250 Å². The van der Waals surface area contributed by atoms with Gasteiger partial charge in [0.25, 0.3) is 5.91 Å². The third-order valence-corrected chi connectivity index (χ3v) is 7.87. The summed E-state index contributed by atoms with van der Waals surface area (Å²) in [6, 6.07) is 20.3. The maximum Gasteiger partial charge on any atom is 0.354 e. The van der Waals surface area contributed by atoms with Crippen LogP contribution in [0, 0.1) is 0 Å². The maximum absolute atomic E-state index is 14.1. The third-order valence-electron chi connectivity index (χ3n) is 7.87. The van der Waals surface area contributed by atoms with Gasteiger partial charge in [0.1, 0.15) is 23.8 Å². The van der Waals surface area contributed by atoms with Gasteiger partial charge < -0.3 is 20.1 Å². The van der Waals surface area contributed by atoms with Gasteiger partial charge in [0.15, 0.2) is 5.65 Å². The molecular weight excluding hydrogens is 566 g/mol. The number of likely N-dealkylation sites (tertiary alicyclic amines) is 1. The highest BCUT2D eigenvalue weighted by Crippen LogP contribution is 2.28. The predicted octanol–water partition coefficient (Wildman–Crippen LogP) is 2.55. The van der Waals surface area contributed by atoms with Gasteiger partial charge in [-0.2, -0.15) is 0 Å². The van der Waals surface area contributed by atoms with E-state index in [-0.39, 0.29) is 23.1 Å². The molecule has 1 aliphatic heterocycles. The molecule has 6 rings (SSSR count). The van der Waals surface area contributed by atoms with E-state index in [2.05, 4.69) is 20.2 Å². The smallest absolute Gasteiger partial charge is 0.354 e. The van der Waals surface area contributed by atoms with Crippen molar-refractivity contribution in [3.05, 3.63) is 101 Å². The molecule has 0 bridgehead atoms. The van der Waals surface area contributed by atoms with Gasteiger partial charge in [-0.3, -0.25) is 23.6 Å². The van der Waals surface area contributed by atoms with Crippen molar-refractivity contribution in [3.63, 3.8) is 0 Å². The van der Waals surface area contributed by atoms with Gasteiger partial charge in [-0.25, -0.2) is 19.6 Å². The number of nitrogens with zero attached hydrogens (tertiary/aromatic N) is 6. The van der Waals surface area contributed by atoms with Gasteiger partial charge >= 0.3 is 17.6 Å². The van der Waals surface area contributed by atoms with Crippen molar-refractivity contribution in [3.8, 4) is 16.8 Å². The number of aliphatic carboxylic acids is 1.